The highest BCUT2D eigenvalue weighted by atomic mass is 19.3. The lowest BCUT2D eigenvalue weighted by Crippen LogP contribution is -2.46. The molecule has 0 aromatic heterocycles. The predicted molar refractivity (Wildman–Crippen MR) is 63.5 cm³/mol. The van der Waals surface area contributed by atoms with Crippen LogP contribution in [0.2, 0.25) is 0 Å². The number of hydrogen-bond donors (Lipinski definition) is 4. The Labute approximate surface area is 106 Å². The van der Waals surface area contributed by atoms with Crippen LogP contribution in [0.15, 0.2) is 18.2 Å². The third-order valence-electron chi connectivity index (χ3n) is 2.69. The molecule has 1 aliphatic heterocycles. The Bertz CT molecular complexity index is 522. The molecule has 19 heavy (non-hydrogen) atoms. The minimum Gasteiger partial charge on any atom is -0.465 e. The van der Waals surface area contributed by atoms with Crippen LogP contribution in [0.4, 0.5) is 25.0 Å². The Hall–Kier alpha value is -2.38. The molecule has 1 aromatic rings. The molecule has 1 aliphatic rings. The van der Waals surface area contributed by atoms with E-state index in [0.29, 0.717) is 5.69 Å². The van der Waals surface area contributed by atoms with E-state index in [1.54, 1.807) is 0 Å². The summed E-state index contributed by atoms with van der Waals surface area (Å²) >= 11 is 0. The van der Waals surface area contributed by atoms with Crippen LogP contribution in [0.25, 0.3) is 0 Å². The SMILES string of the molecule is O=C(O)NC1CNc2cccc(C(F)F)c2NC1=O. The molecule has 0 spiro atoms. The second-order valence-corrected chi connectivity index (χ2v) is 3.94. The number of fused-ring (bicyclic) bond motifs is 1. The van der Waals surface area contributed by atoms with E-state index in [2.05, 4.69) is 10.6 Å². The van der Waals surface area contributed by atoms with Crippen molar-refractivity contribution in [2.75, 3.05) is 17.2 Å². The van der Waals surface area contributed by atoms with Crippen molar-refractivity contribution in [1.29, 1.82) is 0 Å². The van der Waals surface area contributed by atoms with Gasteiger partial charge in [-0.15, -0.1) is 0 Å². The molecule has 2 amide bonds. The van der Waals surface area contributed by atoms with Crippen molar-refractivity contribution in [2.45, 2.75) is 12.5 Å². The molecule has 8 heteroatoms. The van der Waals surface area contributed by atoms with E-state index in [1.165, 1.54) is 18.2 Å². The summed E-state index contributed by atoms with van der Waals surface area (Å²) in [5.74, 6) is -0.679. The molecule has 0 fully saturated rings. The summed E-state index contributed by atoms with van der Waals surface area (Å²) < 4.78 is 25.7. The van der Waals surface area contributed by atoms with Gasteiger partial charge < -0.3 is 21.1 Å². The van der Waals surface area contributed by atoms with Gasteiger partial charge in [-0.1, -0.05) is 12.1 Å². The molecule has 0 aliphatic carbocycles. The summed E-state index contributed by atoms with van der Waals surface area (Å²) in [5, 5.41) is 15.7. The van der Waals surface area contributed by atoms with Gasteiger partial charge in [-0.25, -0.2) is 13.6 Å². The van der Waals surface area contributed by atoms with Crippen molar-refractivity contribution in [3.63, 3.8) is 0 Å². The van der Waals surface area contributed by atoms with Crippen LogP contribution in [0, 0.1) is 0 Å². The van der Waals surface area contributed by atoms with Gasteiger partial charge in [-0.3, -0.25) is 4.79 Å². The lowest BCUT2D eigenvalue weighted by molar-refractivity contribution is -0.117. The molecular formula is C11H11F2N3O3. The monoisotopic (exact) mass is 271 g/mol. The number of carboxylic acid groups (broad SMARTS) is 1. The van der Waals surface area contributed by atoms with E-state index in [1.807, 2.05) is 5.32 Å². The van der Waals surface area contributed by atoms with E-state index in [4.69, 9.17) is 5.11 Å². The average Bonchev–Trinajstić information content (AvgIpc) is 2.48. The number of rotatable bonds is 2. The van der Waals surface area contributed by atoms with Gasteiger partial charge in [-0.05, 0) is 6.07 Å². The molecule has 2 rings (SSSR count). The fourth-order valence-electron chi connectivity index (χ4n) is 1.82. The van der Waals surface area contributed by atoms with Gasteiger partial charge >= 0.3 is 6.09 Å². The van der Waals surface area contributed by atoms with Crippen LogP contribution < -0.4 is 16.0 Å². The standard InChI is InChI=1S/C11H11F2N3O3/c12-9(13)5-2-1-3-6-8(5)16-10(17)7(4-14-6)15-11(18)19/h1-3,7,9,14-15H,4H2,(H,16,17)(H,18,19). The largest absolute Gasteiger partial charge is 0.465 e. The van der Waals surface area contributed by atoms with Crippen LogP contribution in [0.5, 0.6) is 0 Å². The van der Waals surface area contributed by atoms with Gasteiger partial charge in [0.05, 0.1) is 11.4 Å². The maximum absolute atomic E-state index is 12.8. The first-order chi connectivity index (χ1) is 8.99. The first-order valence-corrected chi connectivity index (χ1v) is 5.44. The zero-order chi connectivity index (χ0) is 14.0. The molecule has 6 nitrogen and oxygen atoms in total. The molecule has 1 aromatic carbocycles. The molecule has 102 valence electrons. The molecule has 1 heterocycles. The van der Waals surface area contributed by atoms with Crippen molar-refractivity contribution in [3.05, 3.63) is 23.8 Å². The number of carbonyl (C=O) groups excluding carboxylic acids is 1. The number of carbonyl (C=O) groups is 2. The summed E-state index contributed by atoms with van der Waals surface area (Å²) in [7, 11) is 0. The first-order valence-electron chi connectivity index (χ1n) is 5.44. The summed E-state index contributed by atoms with van der Waals surface area (Å²) in [6, 6.07) is 3.13. The smallest absolute Gasteiger partial charge is 0.405 e. The number of hydrogen-bond acceptors (Lipinski definition) is 3. The van der Waals surface area contributed by atoms with Crippen LogP contribution in [0.3, 0.4) is 0 Å². The second-order valence-electron chi connectivity index (χ2n) is 3.94. The fourth-order valence-corrected chi connectivity index (χ4v) is 1.82. The zero-order valence-electron chi connectivity index (χ0n) is 9.61. The van der Waals surface area contributed by atoms with Crippen LogP contribution in [-0.4, -0.2) is 29.7 Å². The first kappa shape index (κ1) is 13.1. The van der Waals surface area contributed by atoms with Crippen LogP contribution >= 0.6 is 0 Å². The van der Waals surface area contributed by atoms with Crippen molar-refractivity contribution >= 4 is 23.4 Å². The van der Waals surface area contributed by atoms with Gasteiger partial charge in [-0.2, -0.15) is 0 Å². The highest BCUT2D eigenvalue weighted by Gasteiger charge is 2.27. The fraction of sp³-hybridized carbons (Fsp3) is 0.273. The summed E-state index contributed by atoms with van der Waals surface area (Å²) in [6.45, 7) is -0.0160. The van der Waals surface area contributed by atoms with Crippen LogP contribution in [-0.2, 0) is 4.79 Å². The summed E-state index contributed by atoms with van der Waals surface area (Å²) in [5.41, 5.74) is 0.00681. The number of anilines is 2. The Morgan fingerprint density at radius 2 is 2.21 bits per heavy atom. The third-order valence-corrected chi connectivity index (χ3v) is 2.69. The minimum absolute atomic E-state index is 0.0160. The molecule has 0 bridgehead atoms. The van der Waals surface area contributed by atoms with Gasteiger partial charge in [0.2, 0.25) is 5.91 Å². The van der Waals surface area contributed by atoms with Crippen molar-refractivity contribution in [3.8, 4) is 0 Å². The topological polar surface area (TPSA) is 90.5 Å². The van der Waals surface area contributed by atoms with Gasteiger partial charge in [0.25, 0.3) is 6.43 Å². The van der Waals surface area contributed by atoms with Gasteiger partial charge in [0, 0.05) is 12.1 Å². The molecular weight excluding hydrogens is 260 g/mol. The van der Waals surface area contributed by atoms with Crippen molar-refractivity contribution < 1.29 is 23.5 Å². The van der Waals surface area contributed by atoms with Crippen molar-refractivity contribution in [1.82, 2.24) is 5.32 Å². The molecule has 1 unspecified atom stereocenters. The van der Waals surface area contributed by atoms with Crippen molar-refractivity contribution in [2.24, 2.45) is 0 Å². The van der Waals surface area contributed by atoms with E-state index < -0.39 is 24.5 Å². The Balaban J connectivity index is 2.31. The number of alkyl halides is 2. The van der Waals surface area contributed by atoms with Gasteiger partial charge in [0.1, 0.15) is 6.04 Å². The summed E-state index contributed by atoms with van der Waals surface area (Å²) in [4.78, 5) is 22.3. The number of amides is 2. The summed E-state index contributed by atoms with van der Waals surface area (Å²) in [6.07, 6.45) is -4.09. The van der Waals surface area contributed by atoms with E-state index >= 15 is 0 Å². The van der Waals surface area contributed by atoms with E-state index in [-0.39, 0.29) is 17.8 Å². The molecule has 0 saturated carbocycles. The Morgan fingerprint density at radius 3 is 2.84 bits per heavy atom. The highest BCUT2D eigenvalue weighted by Crippen LogP contribution is 2.34. The molecule has 1 atom stereocenters. The number of benzene rings is 1. The van der Waals surface area contributed by atoms with Crippen LogP contribution in [0.1, 0.15) is 12.0 Å². The lowest BCUT2D eigenvalue weighted by Gasteiger charge is -2.13. The highest BCUT2D eigenvalue weighted by molar-refractivity contribution is 6.01. The number of para-hydroxylation sites is 1. The van der Waals surface area contributed by atoms with Gasteiger partial charge in [0.15, 0.2) is 0 Å². The molecule has 0 saturated heterocycles. The Kier molecular flexibility index (Phi) is 3.50. The minimum atomic E-state index is -2.74. The normalized spacial score (nSPS) is 18.1. The lowest BCUT2D eigenvalue weighted by atomic mass is 10.1. The molecule has 0 radical (unpaired) electrons. The second kappa shape index (κ2) is 5.09. The maximum Gasteiger partial charge on any atom is 0.405 e. The number of halogens is 2. The number of nitrogens with one attached hydrogen (secondary N) is 3. The maximum atomic E-state index is 12.8. The quantitative estimate of drug-likeness (QED) is 0.658. The zero-order valence-corrected chi connectivity index (χ0v) is 9.61. The van der Waals surface area contributed by atoms with E-state index in [9.17, 15) is 18.4 Å². The van der Waals surface area contributed by atoms with E-state index in [0.717, 1.165) is 0 Å². The predicted octanol–water partition coefficient (Wildman–Crippen LogP) is 1.62. The third kappa shape index (κ3) is 2.72. The molecule has 4 N–H and O–H groups in total. The Morgan fingerprint density at radius 1 is 1.47 bits per heavy atom. The average molecular weight is 271 g/mol.